The SMILES string of the molecule is CCCCCCCCCCCCCCCCOC(=O)c1cc2c3ccc4c5c(ccc(c6cccc(c1C(=O)OCCCCCCCCCCCCCCCC)c62)c53)C(=O)N(C(COC(COC(COCC(O)CO)COCC(O)CO)OC(COCC(O)CO)COCC(O)CO)COC(COC(COCC(O)CO)COCC(O)CO)OC(COCC(O)CO)COCC(O)CO)C4=O. The number of ether oxygens (including phenoxy) is 16. The van der Waals surface area contributed by atoms with Gasteiger partial charge in [-0.1, -0.05) is 211 Å². The predicted molar refractivity (Wildman–Crippen MR) is 503 cm³/mol. The molecule has 37 heteroatoms. The average Bonchev–Trinajstić information content (AvgIpc) is 0.693. The van der Waals surface area contributed by atoms with Gasteiger partial charge in [0.1, 0.15) is 73.2 Å². The van der Waals surface area contributed by atoms with Crippen molar-refractivity contribution in [2.24, 2.45) is 0 Å². The Hall–Kier alpha value is -5.72. The molecule has 0 fully saturated rings. The minimum atomic E-state index is -1.70. The number of aliphatic hydroxyl groups is 16. The van der Waals surface area contributed by atoms with Gasteiger partial charge in [-0.25, -0.2) is 9.59 Å². The van der Waals surface area contributed by atoms with Crippen LogP contribution in [0.5, 0.6) is 0 Å². The summed E-state index contributed by atoms with van der Waals surface area (Å²) in [5.74, 6) is -3.28. The van der Waals surface area contributed by atoms with Crippen molar-refractivity contribution in [3.05, 3.63) is 70.8 Å². The van der Waals surface area contributed by atoms with E-state index in [1.165, 1.54) is 122 Å². The topological polar surface area (TPSA) is 543 Å². The zero-order chi connectivity index (χ0) is 98.5. The van der Waals surface area contributed by atoms with Crippen molar-refractivity contribution in [1.29, 1.82) is 0 Å². The fraction of sp³-hybridized carbons (Fsp3) is 0.758. The van der Waals surface area contributed by atoms with Gasteiger partial charge < -0.3 is 157 Å². The maximum absolute atomic E-state index is 16.3. The lowest BCUT2D eigenvalue weighted by molar-refractivity contribution is -0.242. The Balaban J connectivity index is 1.49. The van der Waals surface area contributed by atoms with Crippen molar-refractivity contribution in [2.75, 3.05) is 198 Å². The Morgan fingerprint density at radius 3 is 0.882 bits per heavy atom. The lowest BCUT2D eigenvalue weighted by Gasteiger charge is -2.36. The largest absolute Gasteiger partial charge is 0.462 e. The molecule has 37 nitrogen and oxygen atoms in total. The smallest absolute Gasteiger partial charge is 0.339 e. The highest BCUT2D eigenvalue weighted by Crippen LogP contribution is 2.46. The Bertz CT molecular complexity index is 3790. The molecule has 778 valence electrons. The number of hydrogen-bond donors (Lipinski definition) is 16. The van der Waals surface area contributed by atoms with Crippen LogP contribution in [0.2, 0.25) is 0 Å². The van der Waals surface area contributed by atoms with E-state index >= 15 is 14.4 Å². The molecule has 0 aromatic heterocycles. The molecule has 10 unspecified atom stereocenters. The van der Waals surface area contributed by atoms with E-state index in [1.54, 1.807) is 36.4 Å². The molecule has 1 aliphatic rings. The van der Waals surface area contributed by atoms with E-state index in [-0.39, 0.29) is 67.3 Å². The molecular weight excluding hydrogens is 1780 g/mol. The Morgan fingerprint density at radius 1 is 0.287 bits per heavy atom. The summed E-state index contributed by atoms with van der Waals surface area (Å²) in [6.45, 7) is -10.4. The predicted octanol–water partition coefficient (Wildman–Crippen LogP) is 6.16. The maximum Gasteiger partial charge on any atom is 0.339 e. The number of imide groups is 1. The summed E-state index contributed by atoms with van der Waals surface area (Å²) in [4.78, 5) is 63.5. The molecule has 0 saturated heterocycles. The average molecular weight is 1940 g/mol. The van der Waals surface area contributed by atoms with Crippen LogP contribution in [0.25, 0.3) is 43.1 Å². The lowest BCUT2D eigenvalue weighted by atomic mass is 9.83. The molecule has 0 aliphatic carbocycles. The number of aliphatic hydroxyl groups excluding tert-OH is 16. The van der Waals surface area contributed by atoms with Crippen LogP contribution in [0.4, 0.5) is 0 Å². The first-order valence-corrected chi connectivity index (χ1v) is 49.2. The molecule has 0 radical (unpaired) electrons. The van der Waals surface area contributed by atoms with E-state index in [0.717, 1.165) is 56.3 Å². The summed E-state index contributed by atoms with van der Waals surface area (Å²) >= 11 is 0. The van der Waals surface area contributed by atoms with Gasteiger partial charge in [-0.15, -0.1) is 0 Å². The van der Waals surface area contributed by atoms with Crippen LogP contribution < -0.4 is 0 Å². The third-order valence-electron chi connectivity index (χ3n) is 23.2. The molecule has 5 aromatic rings. The van der Waals surface area contributed by atoms with E-state index in [2.05, 4.69) is 13.8 Å². The molecule has 5 aromatic carbocycles. The molecule has 2 amide bonds. The number of carbonyl (C=O) groups is 4. The second-order valence-corrected chi connectivity index (χ2v) is 35.2. The molecule has 1 heterocycles. The number of esters is 2. The number of nitrogens with zero attached hydrogens (tertiary/aromatic N) is 1. The van der Waals surface area contributed by atoms with Gasteiger partial charge in [0.15, 0.2) is 12.6 Å². The zero-order valence-electron chi connectivity index (χ0n) is 80.1. The first-order chi connectivity index (χ1) is 66.1. The van der Waals surface area contributed by atoms with E-state index < -0.39 is 274 Å². The van der Waals surface area contributed by atoms with Crippen LogP contribution in [-0.2, 0) is 75.8 Å². The van der Waals surface area contributed by atoms with E-state index in [1.807, 2.05) is 6.07 Å². The number of unbranched alkanes of at least 4 members (excludes halogenated alkanes) is 26. The van der Waals surface area contributed by atoms with E-state index in [0.29, 0.717) is 50.5 Å². The number of amides is 2. The van der Waals surface area contributed by atoms with Crippen molar-refractivity contribution in [3.63, 3.8) is 0 Å². The minimum absolute atomic E-state index is 0.0190. The molecule has 136 heavy (non-hydrogen) atoms. The molecule has 16 N–H and O–H groups in total. The van der Waals surface area contributed by atoms with Crippen molar-refractivity contribution in [2.45, 2.75) is 285 Å². The summed E-state index contributed by atoms with van der Waals surface area (Å²) in [7, 11) is 0. The molecule has 0 spiro atoms. The van der Waals surface area contributed by atoms with Gasteiger partial charge in [-0.05, 0) is 68.7 Å². The standard InChI is InChI=1S/C99H161NO36/c1-3-5-7-9-11-13-15-17-19-21-23-25-27-29-38-129-98(119)89-40-88-84-35-37-87-94-86(36-34-83(93(84)94)82-32-31-33-85(92(82)88)95(89)99(120)130-39-30-28-26-24-22-20-18-16-14-12-10-8-6-4-2)96(117)100(97(87)118)69(49-133-90(135-80(63-125-55-74(113)45-105)64-126-56-75(114)46-106)67-131-78(59-121-51-70(109)41-101)60-122-52-71(110)42-102)50-134-91(136-81(65-127-57-76(115)47-107)66-128-58-77(116)48-108)68-132-79(61-123-53-72(111)43-103)62-124-54-73(112)44-104/h31-37,40,69-81,90-91,101-116H,3-30,38-39,41-68H2,1-2H3. The maximum atomic E-state index is 16.3. The fourth-order valence-corrected chi connectivity index (χ4v) is 15.8. The minimum Gasteiger partial charge on any atom is -0.462 e. The van der Waals surface area contributed by atoms with Gasteiger partial charge in [0.2, 0.25) is 0 Å². The van der Waals surface area contributed by atoms with E-state index in [4.69, 9.17) is 75.8 Å². The number of carbonyl (C=O) groups excluding carboxylic acids is 4. The van der Waals surface area contributed by atoms with Crippen LogP contribution in [0.15, 0.2) is 48.5 Å². The molecule has 0 saturated carbocycles. The number of benzene rings is 5. The van der Waals surface area contributed by atoms with Crippen molar-refractivity contribution < 1.29 is 177 Å². The number of rotatable bonds is 89. The third-order valence-corrected chi connectivity index (χ3v) is 23.2. The highest BCUT2D eigenvalue weighted by atomic mass is 16.7. The Kier molecular flexibility index (Phi) is 62.7. The van der Waals surface area contributed by atoms with Gasteiger partial charge in [0.05, 0.1) is 215 Å². The number of hydrogen-bond acceptors (Lipinski definition) is 36. The second kappa shape index (κ2) is 71.7. The van der Waals surface area contributed by atoms with Crippen LogP contribution in [0, 0.1) is 0 Å². The first kappa shape index (κ1) is 119. The fourth-order valence-electron chi connectivity index (χ4n) is 15.8. The quantitative estimate of drug-likeness (QED) is 0.00517. The van der Waals surface area contributed by atoms with Crippen LogP contribution in [-0.4, -0.2) is 400 Å². The monoisotopic (exact) mass is 1940 g/mol. The molecule has 10 atom stereocenters. The number of fused-ring (bicyclic) bond motifs is 2. The summed E-state index contributed by atoms with van der Waals surface area (Å²) in [5, 5.41) is 164. The normalized spacial score (nSPS) is 16.0. The summed E-state index contributed by atoms with van der Waals surface area (Å²) in [6, 6.07) is 11.8. The third kappa shape index (κ3) is 44.4. The highest BCUT2D eigenvalue weighted by Gasteiger charge is 2.41. The summed E-state index contributed by atoms with van der Waals surface area (Å²) in [5.41, 5.74) is -0.0477. The van der Waals surface area contributed by atoms with Crippen LogP contribution >= 0.6 is 0 Å². The van der Waals surface area contributed by atoms with Crippen molar-refractivity contribution in [1.82, 2.24) is 4.90 Å². The van der Waals surface area contributed by atoms with Gasteiger partial charge in [0, 0.05) is 16.5 Å². The molecular formula is C99H161NO36. The molecule has 0 bridgehead atoms. The van der Waals surface area contributed by atoms with Gasteiger partial charge in [-0.2, -0.15) is 0 Å². The van der Waals surface area contributed by atoms with E-state index in [9.17, 15) is 86.5 Å². The van der Waals surface area contributed by atoms with Crippen molar-refractivity contribution >= 4 is 66.8 Å². The first-order valence-electron chi connectivity index (χ1n) is 49.2. The summed E-state index contributed by atoms with van der Waals surface area (Å²) < 4.78 is 97.4. The van der Waals surface area contributed by atoms with Crippen LogP contribution in [0.3, 0.4) is 0 Å². The second-order valence-electron chi connectivity index (χ2n) is 35.2. The van der Waals surface area contributed by atoms with Gasteiger partial charge in [-0.3, -0.25) is 14.5 Å². The van der Waals surface area contributed by atoms with Gasteiger partial charge >= 0.3 is 11.9 Å². The van der Waals surface area contributed by atoms with Crippen molar-refractivity contribution in [3.8, 4) is 0 Å². The van der Waals surface area contributed by atoms with Gasteiger partial charge in [0.25, 0.3) is 11.8 Å². The summed E-state index contributed by atoms with van der Waals surface area (Å²) in [6.07, 6.45) is 12.6. The Labute approximate surface area is 799 Å². The molecule has 6 rings (SSSR count). The zero-order valence-corrected chi connectivity index (χ0v) is 80.1. The molecule has 1 aliphatic heterocycles. The van der Waals surface area contributed by atoms with Crippen LogP contribution in [0.1, 0.15) is 235 Å². The lowest BCUT2D eigenvalue weighted by Crippen LogP contribution is -2.52. The highest BCUT2D eigenvalue weighted by molar-refractivity contribution is 6.39. The Morgan fingerprint density at radius 2 is 0.566 bits per heavy atom.